The molecule has 0 aromatic heterocycles. The van der Waals surface area contributed by atoms with E-state index in [0.29, 0.717) is 10.8 Å². The number of hydrogen-bond donors (Lipinski definition) is 2. The summed E-state index contributed by atoms with van der Waals surface area (Å²) in [5.41, 5.74) is 4.79. The number of nitro benzene ring substituents is 1. The predicted octanol–water partition coefficient (Wildman–Crippen LogP) is 4.33. The van der Waals surface area contributed by atoms with Crippen molar-refractivity contribution in [2.24, 2.45) is 0 Å². The average Bonchev–Trinajstić information content (AvgIpc) is 2.45. The van der Waals surface area contributed by atoms with E-state index in [4.69, 9.17) is 12.2 Å². The number of hydrogen-bond acceptors (Lipinski definition) is 3. The second-order valence-corrected chi connectivity index (χ2v) is 5.54. The molecule has 2 aromatic carbocycles. The standard InChI is InChI=1S/C16H17N3O2S/c1-10-4-6-13(8-12(10)3)17-16(22)18-15-9-14(19(20)21)7-5-11(15)2/h4-9H,1-3H3,(H2,17,18,22). The van der Waals surface area contributed by atoms with Crippen LogP contribution in [0.4, 0.5) is 17.1 Å². The summed E-state index contributed by atoms with van der Waals surface area (Å²) in [5.74, 6) is 0. The van der Waals surface area contributed by atoms with E-state index in [0.717, 1.165) is 11.3 Å². The van der Waals surface area contributed by atoms with Crippen LogP contribution in [0.15, 0.2) is 36.4 Å². The van der Waals surface area contributed by atoms with Crippen LogP contribution in [-0.2, 0) is 0 Å². The molecule has 22 heavy (non-hydrogen) atoms. The van der Waals surface area contributed by atoms with E-state index >= 15 is 0 Å². The van der Waals surface area contributed by atoms with E-state index in [1.165, 1.54) is 23.3 Å². The molecule has 0 heterocycles. The Balaban J connectivity index is 2.13. The second kappa shape index (κ2) is 6.53. The molecule has 0 spiro atoms. The highest BCUT2D eigenvalue weighted by atomic mass is 32.1. The van der Waals surface area contributed by atoms with Crippen molar-refractivity contribution in [1.82, 2.24) is 0 Å². The van der Waals surface area contributed by atoms with Crippen molar-refractivity contribution in [2.45, 2.75) is 20.8 Å². The first kappa shape index (κ1) is 15.9. The molecule has 2 aromatic rings. The van der Waals surface area contributed by atoms with Crippen LogP contribution in [0.5, 0.6) is 0 Å². The smallest absolute Gasteiger partial charge is 0.271 e. The molecule has 0 atom stereocenters. The van der Waals surface area contributed by atoms with E-state index in [9.17, 15) is 10.1 Å². The van der Waals surface area contributed by atoms with E-state index < -0.39 is 4.92 Å². The largest absolute Gasteiger partial charge is 0.332 e. The summed E-state index contributed by atoms with van der Waals surface area (Å²) in [7, 11) is 0. The number of anilines is 2. The fourth-order valence-corrected chi connectivity index (χ4v) is 2.19. The molecule has 0 bridgehead atoms. The van der Waals surface area contributed by atoms with E-state index in [-0.39, 0.29) is 5.69 Å². The van der Waals surface area contributed by atoms with Crippen molar-refractivity contribution in [3.63, 3.8) is 0 Å². The molecule has 2 rings (SSSR count). The van der Waals surface area contributed by atoms with Gasteiger partial charge in [0.25, 0.3) is 5.69 Å². The molecule has 0 fully saturated rings. The predicted molar refractivity (Wildman–Crippen MR) is 93.6 cm³/mol. The summed E-state index contributed by atoms with van der Waals surface area (Å²) in [5, 5.41) is 17.3. The number of nitro groups is 1. The first-order valence-corrected chi connectivity index (χ1v) is 7.18. The maximum atomic E-state index is 10.8. The minimum atomic E-state index is -0.426. The van der Waals surface area contributed by atoms with Gasteiger partial charge in [0.1, 0.15) is 0 Å². The molecule has 0 saturated heterocycles. The Kier molecular flexibility index (Phi) is 4.72. The number of rotatable bonds is 3. The Morgan fingerprint density at radius 2 is 1.68 bits per heavy atom. The number of nitrogens with zero attached hydrogens (tertiary/aromatic N) is 1. The number of thiocarbonyl (C=S) groups is 1. The lowest BCUT2D eigenvalue weighted by Gasteiger charge is -2.13. The van der Waals surface area contributed by atoms with Gasteiger partial charge in [0.2, 0.25) is 0 Å². The fraction of sp³-hybridized carbons (Fsp3) is 0.188. The number of benzene rings is 2. The molecule has 5 nitrogen and oxygen atoms in total. The molecule has 0 saturated carbocycles. The third kappa shape index (κ3) is 3.79. The highest BCUT2D eigenvalue weighted by Crippen LogP contribution is 2.22. The first-order chi connectivity index (χ1) is 10.4. The Labute approximate surface area is 134 Å². The highest BCUT2D eigenvalue weighted by molar-refractivity contribution is 7.80. The molecule has 0 radical (unpaired) electrons. The zero-order valence-electron chi connectivity index (χ0n) is 12.6. The summed E-state index contributed by atoms with van der Waals surface area (Å²) < 4.78 is 0. The summed E-state index contributed by atoms with van der Waals surface area (Å²) in [6.07, 6.45) is 0. The van der Waals surface area contributed by atoms with Crippen molar-refractivity contribution in [2.75, 3.05) is 10.6 Å². The van der Waals surface area contributed by atoms with Crippen molar-refractivity contribution in [1.29, 1.82) is 0 Å². The molecule has 0 amide bonds. The Morgan fingerprint density at radius 1 is 1.00 bits per heavy atom. The molecular weight excluding hydrogens is 298 g/mol. The summed E-state index contributed by atoms with van der Waals surface area (Å²) in [4.78, 5) is 10.4. The van der Waals surface area contributed by atoms with Gasteiger partial charge in [-0.3, -0.25) is 10.1 Å². The highest BCUT2D eigenvalue weighted by Gasteiger charge is 2.09. The molecule has 6 heteroatoms. The number of non-ortho nitro benzene ring substituents is 1. The Morgan fingerprint density at radius 3 is 2.32 bits per heavy atom. The first-order valence-electron chi connectivity index (χ1n) is 6.77. The van der Waals surface area contributed by atoms with Gasteiger partial charge in [0, 0.05) is 23.5 Å². The third-order valence-corrected chi connectivity index (χ3v) is 3.65. The van der Waals surface area contributed by atoms with Crippen molar-refractivity contribution in [3.05, 3.63) is 63.2 Å². The van der Waals surface area contributed by atoms with Crippen LogP contribution in [0, 0.1) is 30.9 Å². The molecule has 0 aliphatic heterocycles. The van der Waals surface area contributed by atoms with Gasteiger partial charge in [-0.2, -0.15) is 0 Å². The van der Waals surface area contributed by atoms with Crippen molar-refractivity contribution in [3.8, 4) is 0 Å². The van der Waals surface area contributed by atoms with Crippen LogP contribution in [0.1, 0.15) is 16.7 Å². The van der Waals surface area contributed by atoms with Gasteiger partial charge in [-0.05, 0) is 61.8 Å². The Hall–Kier alpha value is -2.47. The SMILES string of the molecule is Cc1ccc(NC(=S)Nc2cc([N+](=O)[O-])ccc2C)cc1C. The van der Waals surface area contributed by atoms with Crippen molar-refractivity contribution >= 4 is 34.4 Å². The summed E-state index contributed by atoms with van der Waals surface area (Å²) >= 11 is 5.27. The topological polar surface area (TPSA) is 67.2 Å². The van der Waals surface area contributed by atoms with Gasteiger partial charge in [0.15, 0.2) is 5.11 Å². The zero-order valence-corrected chi connectivity index (χ0v) is 13.5. The number of nitrogens with one attached hydrogen (secondary N) is 2. The minimum absolute atomic E-state index is 0.0297. The minimum Gasteiger partial charge on any atom is -0.332 e. The summed E-state index contributed by atoms with van der Waals surface area (Å²) in [6.45, 7) is 5.94. The molecule has 2 N–H and O–H groups in total. The van der Waals surface area contributed by atoms with Crippen LogP contribution in [0.3, 0.4) is 0 Å². The fourth-order valence-electron chi connectivity index (χ4n) is 1.96. The molecule has 0 unspecified atom stereocenters. The van der Waals surface area contributed by atoms with Gasteiger partial charge < -0.3 is 10.6 Å². The van der Waals surface area contributed by atoms with Gasteiger partial charge in [-0.15, -0.1) is 0 Å². The molecule has 0 aliphatic carbocycles. The van der Waals surface area contributed by atoms with Gasteiger partial charge in [-0.1, -0.05) is 12.1 Å². The molecule has 114 valence electrons. The third-order valence-electron chi connectivity index (χ3n) is 3.44. The lowest BCUT2D eigenvalue weighted by Crippen LogP contribution is -2.19. The maximum absolute atomic E-state index is 10.8. The quantitative estimate of drug-likeness (QED) is 0.501. The van der Waals surface area contributed by atoms with Crippen LogP contribution in [-0.4, -0.2) is 10.0 Å². The van der Waals surface area contributed by atoms with E-state index in [2.05, 4.69) is 10.6 Å². The van der Waals surface area contributed by atoms with Crippen LogP contribution in [0.2, 0.25) is 0 Å². The lowest BCUT2D eigenvalue weighted by atomic mass is 10.1. The molecule has 0 aliphatic rings. The van der Waals surface area contributed by atoms with Crippen LogP contribution >= 0.6 is 12.2 Å². The molecular formula is C16H17N3O2S. The van der Waals surface area contributed by atoms with E-state index in [1.807, 2.05) is 39.0 Å². The summed E-state index contributed by atoms with van der Waals surface area (Å²) in [6, 6.07) is 10.6. The maximum Gasteiger partial charge on any atom is 0.271 e. The van der Waals surface area contributed by atoms with Gasteiger partial charge >= 0.3 is 0 Å². The number of aryl methyl sites for hydroxylation is 3. The normalized spacial score (nSPS) is 10.1. The van der Waals surface area contributed by atoms with E-state index in [1.54, 1.807) is 6.07 Å². The lowest BCUT2D eigenvalue weighted by molar-refractivity contribution is -0.384. The zero-order chi connectivity index (χ0) is 16.3. The monoisotopic (exact) mass is 315 g/mol. The average molecular weight is 315 g/mol. The van der Waals surface area contributed by atoms with Crippen LogP contribution < -0.4 is 10.6 Å². The second-order valence-electron chi connectivity index (χ2n) is 5.13. The van der Waals surface area contributed by atoms with Crippen LogP contribution in [0.25, 0.3) is 0 Å². The van der Waals surface area contributed by atoms with Crippen molar-refractivity contribution < 1.29 is 4.92 Å². The Bertz CT molecular complexity index is 744. The van der Waals surface area contributed by atoms with Gasteiger partial charge in [0.05, 0.1) is 4.92 Å². The van der Waals surface area contributed by atoms with Gasteiger partial charge in [-0.25, -0.2) is 0 Å².